The SMILES string of the molecule is COC1=CN([Si](C)(C)C(C)(C)C)[B]C=C1. The van der Waals surface area contributed by atoms with Crippen LogP contribution in [0.15, 0.2) is 24.0 Å². The molecule has 0 aromatic carbocycles. The van der Waals surface area contributed by atoms with Crippen molar-refractivity contribution in [1.82, 2.24) is 4.48 Å². The van der Waals surface area contributed by atoms with E-state index in [1.807, 2.05) is 6.08 Å². The Hall–Kier alpha value is -0.638. The molecule has 0 amide bonds. The van der Waals surface area contributed by atoms with Crippen LogP contribution >= 0.6 is 0 Å². The summed E-state index contributed by atoms with van der Waals surface area (Å²) >= 11 is 0. The fourth-order valence-electron chi connectivity index (χ4n) is 1.31. The van der Waals surface area contributed by atoms with E-state index in [1.165, 1.54) is 0 Å². The minimum Gasteiger partial charge on any atom is -0.495 e. The predicted octanol–water partition coefficient (Wildman–Crippen LogP) is 2.93. The normalized spacial score (nSPS) is 17.2. The molecule has 0 aliphatic carbocycles. The first-order valence-corrected chi connectivity index (χ1v) is 8.29. The van der Waals surface area contributed by atoms with E-state index in [1.54, 1.807) is 7.11 Å². The molecule has 83 valence electrons. The van der Waals surface area contributed by atoms with Crippen molar-refractivity contribution in [1.29, 1.82) is 0 Å². The third-order valence-corrected chi connectivity index (χ3v) is 8.73. The van der Waals surface area contributed by atoms with Crippen molar-refractivity contribution < 1.29 is 4.74 Å². The number of hydrogen-bond donors (Lipinski definition) is 0. The van der Waals surface area contributed by atoms with Crippen LogP contribution in [0.2, 0.25) is 18.1 Å². The Labute approximate surface area is 95.3 Å². The van der Waals surface area contributed by atoms with Crippen LogP contribution in [0.25, 0.3) is 0 Å². The van der Waals surface area contributed by atoms with Crippen LogP contribution in [0.5, 0.6) is 0 Å². The van der Waals surface area contributed by atoms with E-state index in [0.717, 1.165) is 5.76 Å². The van der Waals surface area contributed by atoms with Crippen molar-refractivity contribution in [2.45, 2.75) is 38.9 Å². The Kier molecular flexibility index (Phi) is 3.38. The van der Waals surface area contributed by atoms with E-state index in [9.17, 15) is 0 Å². The summed E-state index contributed by atoms with van der Waals surface area (Å²) in [5.41, 5.74) is 0. The second-order valence-electron chi connectivity index (χ2n) is 5.46. The van der Waals surface area contributed by atoms with Crippen LogP contribution in [0.4, 0.5) is 0 Å². The number of rotatable bonds is 2. The van der Waals surface area contributed by atoms with Gasteiger partial charge in [-0.3, -0.25) is 0 Å². The quantitative estimate of drug-likeness (QED) is 0.666. The zero-order chi connectivity index (χ0) is 11.7. The molecule has 1 aliphatic rings. The van der Waals surface area contributed by atoms with E-state index in [4.69, 9.17) is 4.74 Å². The average molecular weight is 222 g/mol. The molecule has 15 heavy (non-hydrogen) atoms. The summed E-state index contributed by atoms with van der Waals surface area (Å²) < 4.78 is 7.62. The standard InChI is InChI=1S/C11H21BNOSi/c1-11(2,3)15(5,6)13-9-10(14-4)7-8-12-13/h7-9H,1-6H3. The first-order chi connectivity index (χ1) is 6.79. The smallest absolute Gasteiger partial charge is 0.267 e. The molecular weight excluding hydrogens is 201 g/mol. The lowest BCUT2D eigenvalue weighted by Gasteiger charge is -2.46. The largest absolute Gasteiger partial charge is 0.495 e. The van der Waals surface area contributed by atoms with Gasteiger partial charge < -0.3 is 9.21 Å². The fourth-order valence-corrected chi connectivity index (χ4v) is 2.99. The van der Waals surface area contributed by atoms with Gasteiger partial charge >= 0.3 is 0 Å². The van der Waals surface area contributed by atoms with Gasteiger partial charge in [0.15, 0.2) is 0 Å². The summed E-state index contributed by atoms with van der Waals surface area (Å²) in [7, 11) is 2.37. The highest BCUT2D eigenvalue weighted by Crippen LogP contribution is 2.38. The summed E-state index contributed by atoms with van der Waals surface area (Å²) in [5, 5.41) is 0.337. The van der Waals surface area contributed by atoms with Crippen LogP contribution in [0.3, 0.4) is 0 Å². The molecule has 0 N–H and O–H groups in total. The molecule has 0 unspecified atom stereocenters. The third kappa shape index (κ3) is 2.48. The molecule has 1 radical (unpaired) electrons. The number of allylic oxidation sites excluding steroid dienone is 1. The Balaban J connectivity index is 2.91. The first kappa shape index (κ1) is 12.4. The van der Waals surface area contributed by atoms with Crippen LogP contribution in [-0.2, 0) is 4.74 Å². The Morgan fingerprint density at radius 1 is 1.33 bits per heavy atom. The maximum absolute atomic E-state index is 5.26. The summed E-state index contributed by atoms with van der Waals surface area (Å²) in [5.74, 6) is 2.99. The molecule has 4 heteroatoms. The number of nitrogens with zero attached hydrogens (tertiary/aromatic N) is 1. The van der Waals surface area contributed by atoms with E-state index in [0.29, 0.717) is 5.04 Å². The molecular formula is C11H21BNOSi. The van der Waals surface area contributed by atoms with Crippen LogP contribution in [0, 0.1) is 0 Å². The molecule has 1 heterocycles. The Morgan fingerprint density at radius 3 is 2.40 bits per heavy atom. The molecule has 0 bridgehead atoms. The zero-order valence-corrected chi connectivity index (χ0v) is 11.7. The summed E-state index contributed by atoms with van der Waals surface area (Å²) in [6.45, 7) is 11.7. The fraction of sp³-hybridized carbons (Fsp3) is 0.636. The van der Waals surface area contributed by atoms with Gasteiger partial charge in [0.1, 0.15) is 14.0 Å². The highest BCUT2D eigenvalue weighted by molar-refractivity contribution is 6.83. The molecule has 0 saturated carbocycles. The highest BCUT2D eigenvalue weighted by Gasteiger charge is 2.40. The van der Waals surface area contributed by atoms with Gasteiger partial charge in [-0.25, -0.2) is 0 Å². The van der Waals surface area contributed by atoms with E-state index < -0.39 is 8.24 Å². The van der Waals surface area contributed by atoms with Crippen LogP contribution in [-0.4, -0.2) is 27.2 Å². The predicted molar refractivity (Wildman–Crippen MR) is 69.0 cm³/mol. The molecule has 0 fully saturated rings. The van der Waals surface area contributed by atoms with E-state index in [2.05, 4.69) is 57.9 Å². The Morgan fingerprint density at radius 2 is 1.93 bits per heavy atom. The van der Waals surface area contributed by atoms with Crippen molar-refractivity contribution in [2.24, 2.45) is 0 Å². The molecule has 1 aliphatic heterocycles. The van der Waals surface area contributed by atoms with Crippen molar-refractivity contribution in [3.05, 3.63) is 24.0 Å². The minimum absolute atomic E-state index is 0.337. The molecule has 0 saturated heterocycles. The maximum atomic E-state index is 5.26. The number of methoxy groups -OCH3 is 1. The average Bonchev–Trinajstić information content (AvgIpc) is 2.16. The van der Waals surface area contributed by atoms with E-state index >= 15 is 0 Å². The summed E-state index contributed by atoms with van der Waals surface area (Å²) in [6, 6.07) is 0. The topological polar surface area (TPSA) is 12.5 Å². The van der Waals surface area contributed by atoms with Gasteiger partial charge in [0.25, 0.3) is 7.41 Å². The minimum atomic E-state index is -1.49. The van der Waals surface area contributed by atoms with Gasteiger partial charge in [0, 0.05) is 6.20 Å². The van der Waals surface area contributed by atoms with Gasteiger partial charge in [-0.05, 0) is 11.1 Å². The maximum Gasteiger partial charge on any atom is 0.267 e. The van der Waals surface area contributed by atoms with Crippen molar-refractivity contribution in [3.63, 3.8) is 0 Å². The van der Waals surface area contributed by atoms with Crippen molar-refractivity contribution >= 4 is 15.6 Å². The second-order valence-corrected chi connectivity index (χ2v) is 10.6. The lowest BCUT2D eigenvalue weighted by molar-refractivity contribution is 0.301. The van der Waals surface area contributed by atoms with Gasteiger partial charge in [0.05, 0.1) is 7.11 Å². The van der Waals surface area contributed by atoms with Crippen molar-refractivity contribution in [3.8, 4) is 0 Å². The monoisotopic (exact) mass is 222 g/mol. The lowest BCUT2D eigenvalue weighted by Crippen LogP contribution is -2.54. The van der Waals surface area contributed by atoms with Gasteiger partial charge in [-0.15, -0.1) is 0 Å². The lowest BCUT2D eigenvalue weighted by atomic mass is 9.92. The summed E-state index contributed by atoms with van der Waals surface area (Å²) in [6.07, 6.45) is 4.10. The molecule has 2 nitrogen and oxygen atoms in total. The third-order valence-electron chi connectivity index (χ3n) is 3.49. The van der Waals surface area contributed by atoms with Crippen LogP contribution < -0.4 is 0 Å². The Bertz CT molecular complexity index is 291. The zero-order valence-electron chi connectivity index (χ0n) is 10.7. The van der Waals surface area contributed by atoms with Gasteiger partial charge in [-0.2, -0.15) is 0 Å². The molecule has 0 atom stereocenters. The molecule has 0 spiro atoms. The summed E-state index contributed by atoms with van der Waals surface area (Å²) in [4.78, 5) is 0. The van der Waals surface area contributed by atoms with Gasteiger partial charge in [0.2, 0.25) is 0 Å². The van der Waals surface area contributed by atoms with Crippen molar-refractivity contribution in [2.75, 3.05) is 7.11 Å². The number of ether oxygens (including phenoxy) is 1. The van der Waals surface area contributed by atoms with Crippen LogP contribution in [0.1, 0.15) is 20.8 Å². The molecule has 0 aromatic rings. The first-order valence-electron chi connectivity index (χ1n) is 5.35. The molecule has 1 rings (SSSR count). The highest BCUT2D eigenvalue weighted by atomic mass is 28.3. The van der Waals surface area contributed by atoms with Gasteiger partial charge in [-0.1, -0.05) is 39.8 Å². The number of hydrogen-bond acceptors (Lipinski definition) is 2. The second kappa shape index (κ2) is 4.08. The molecule has 0 aromatic heterocycles. The van der Waals surface area contributed by atoms with E-state index in [-0.39, 0.29) is 0 Å².